The molecule has 2 nitrogen and oxygen atoms in total. The molecule has 2 aliphatic carbocycles. The maximum absolute atomic E-state index is 9.82. The first-order chi connectivity index (χ1) is 29.9. The van der Waals surface area contributed by atoms with E-state index < -0.39 is 5.41 Å². The van der Waals surface area contributed by atoms with Crippen LogP contribution in [-0.2, 0) is 5.41 Å². The molecular formula is C55H35NO. The predicted molar refractivity (Wildman–Crippen MR) is 236 cm³/mol. The molecule has 0 saturated heterocycles. The van der Waals surface area contributed by atoms with Gasteiger partial charge in [-0.25, -0.2) is 0 Å². The number of hydrogen-bond acceptors (Lipinski definition) is 2. The summed E-state index contributed by atoms with van der Waals surface area (Å²) < 4.78 is 44.1. The molecule has 12 rings (SSSR count). The average Bonchev–Trinajstić information content (AvgIpc) is 3.95. The normalized spacial score (nSPS) is 14.0. The molecule has 1 spiro atoms. The van der Waals surface area contributed by atoms with Crippen molar-refractivity contribution in [3.05, 3.63) is 234 Å². The number of nitrogens with zero attached hydrogens (tertiary/aromatic N) is 1. The minimum absolute atomic E-state index is 0.122. The fourth-order valence-electron chi connectivity index (χ4n) is 9.71. The van der Waals surface area contributed by atoms with E-state index in [0.29, 0.717) is 28.0 Å². The standard InChI is InChI=1S/C55H35NO/c1-2-15-36(16-3-1)37-29-31-38(32-30-37)56(51-26-12-7-20-44(51)45-22-14-28-53-54(45)46-21-8-13-27-52(46)57-53)39-33-34-43-42-19-6-11-25-49(42)55(50(43)35-39)47-23-9-4-17-40(47)41-18-5-10-24-48(41)55/h1-35H/i7D,12D,20D,26D. The highest BCUT2D eigenvalue weighted by Gasteiger charge is 2.51. The van der Waals surface area contributed by atoms with E-state index in [1.54, 1.807) is 0 Å². The molecule has 0 fully saturated rings. The number of rotatable bonds is 5. The zero-order valence-corrected chi connectivity index (χ0v) is 30.8. The molecule has 9 aromatic carbocycles. The van der Waals surface area contributed by atoms with Gasteiger partial charge in [0.2, 0.25) is 0 Å². The second kappa shape index (κ2) is 12.3. The van der Waals surface area contributed by atoms with Crippen LogP contribution in [0, 0.1) is 0 Å². The van der Waals surface area contributed by atoms with Crippen LogP contribution in [-0.4, -0.2) is 0 Å². The first-order valence-corrected chi connectivity index (χ1v) is 19.4. The molecule has 10 aromatic rings. The summed E-state index contributed by atoms with van der Waals surface area (Å²) in [5.74, 6) is 0. The Morgan fingerprint density at radius 1 is 0.404 bits per heavy atom. The maximum atomic E-state index is 9.82. The molecule has 1 aromatic heterocycles. The molecule has 57 heavy (non-hydrogen) atoms. The van der Waals surface area contributed by atoms with Gasteiger partial charge in [-0.3, -0.25) is 0 Å². The summed E-state index contributed by atoms with van der Waals surface area (Å²) in [6.45, 7) is 0. The molecule has 0 atom stereocenters. The fraction of sp³-hybridized carbons (Fsp3) is 0.0182. The summed E-state index contributed by atoms with van der Waals surface area (Å²) in [7, 11) is 0. The van der Waals surface area contributed by atoms with Crippen LogP contribution in [0.15, 0.2) is 217 Å². The summed E-state index contributed by atoms with van der Waals surface area (Å²) >= 11 is 0. The third-order valence-corrected chi connectivity index (χ3v) is 12.0. The Morgan fingerprint density at radius 2 is 0.947 bits per heavy atom. The molecule has 0 saturated carbocycles. The largest absolute Gasteiger partial charge is 0.456 e. The second-order valence-corrected chi connectivity index (χ2v) is 14.9. The number of benzene rings is 9. The van der Waals surface area contributed by atoms with E-state index in [4.69, 9.17) is 5.79 Å². The first kappa shape index (κ1) is 28.1. The van der Waals surface area contributed by atoms with Crippen LogP contribution >= 0.6 is 0 Å². The molecule has 0 amide bonds. The number of para-hydroxylation sites is 2. The highest BCUT2D eigenvalue weighted by atomic mass is 16.3. The van der Waals surface area contributed by atoms with Crippen LogP contribution in [0.4, 0.5) is 17.1 Å². The quantitative estimate of drug-likeness (QED) is 0.175. The summed E-state index contributed by atoms with van der Waals surface area (Å²) in [6.07, 6.45) is 0. The van der Waals surface area contributed by atoms with Crippen molar-refractivity contribution >= 4 is 39.0 Å². The van der Waals surface area contributed by atoms with Crippen LogP contribution in [0.2, 0.25) is 0 Å². The zero-order chi connectivity index (χ0) is 41.0. The summed E-state index contributed by atoms with van der Waals surface area (Å²) in [6, 6.07) is 64.0. The highest BCUT2D eigenvalue weighted by molar-refractivity contribution is 6.14. The van der Waals surface area contributed by atoms with Crippen LogP contribution < -0.4 is 4.90 Å². The van der Waals surface area contributed by atoms with E-state index in [0.717, 1.165) is 44.4 Å². The van der Waals surface area contributed by atoms with Gasteiger partial charge in [0.15, 0.2) is 0 Å². The van der Waals surface area contributed by atoms with Gasteiger partial charge in [-0.05, 0) is 104 Å². The second-order valence-electron chi connectivity index (χ2n) is 14.9. The Morgan fingerprint density at radius 3 is 1.67 bits per heavy atom. The topological polar surface area (TPSA) is 16.4 Å². The summed E-state index contributed by atoms with van der Waals surface area (Å²) in [5, 5.41) is 1.67. The molecule has 266 valence electrons. The maximum Gasteiger partial charge on any atom is 0.136 e. The van der Waals surface area contributed by atoms with Gasteiger partial charge in [0.1, 0.15) is 11.2 Å². The summed E-state index contributed by atoms with van der Waals surface area (Å²) in [5.41, 5.74) is 15.3. The predicted octanol–water partition coefficient (Wildman–Crippen LogP) is 14.7. The van der Waals surface area contributed by atoms with Gasteiger partial charge in [0.05, 0.1) is 16.6 Å². The van der Waals surface area contributed by atoms with Gasteiger partial charge in [0, 0.05) is 27.7 Å². The lowest BCUT2D eigenvalue weighted by molar-refractivity contribution is 0.669. The van der Waals surface area contributed by atoms with E-state index in [1.807, 2.05) is 65.6 Å². The van der Waals surface area contributed by atoms with Gasteiger partial charge in [0.25, 0.3) is 0 Å². The molecule has 0 bridgehead atoms. The van der Waals surface area contributed by atoms with Crippen molar-refractivity contribution in [1.82, 2.24) is 0 Å². The van der Waals surface area contributed by atoms with Gasteiger partial charge < -0.3 is 9.32 Å². The molecule has 0 radical (unpaired) electrons. The van der Waals surface area contributed by atoms with Crippen molar-refractivity contribution in [2.75, 3.05) is 4.90 Å². The van der Waals surface area contributed by atoms with Crippen LogP contribution in [0.5, 0.6) is 0 Å². The van der Waals surface area contributed by atoms with Crippen molar-refractivity contribution in [2.45, 2.75) is 5.41 Å². The molecule has 0 unspecified atom stereocenters. The van der Waals surface area contributed by atoms with Crippen molar-refractivity contribution in [3.8, 4) is 44.5 Å². The fourth-order valence-corrected chi connectivity index (χ4v) is 9.71. The lowest BCUT2D eigenvalue weighted by Crippen LogP contribution is -2.26. The minimum atomic E-state index is -0.613. The van der Waals surface area contributed by atoms with Crippen molar-refractivity contribution in [3.63, 3.8) is 0 Å². The Kier molecular flexibility index (Phi) is 6.05. The lowest BCUT2D eigenvalue weighted by Gasteiger charge is -2.32. The van der Waals surface area contributed by atoms with E-state index in [2.05, 4.69) is 127 Å². The molecule has 0 N–H and O–H groups in total. The van der Waals surface area contributed by atoms with Crippen LogP contribution in [0.25, 0.3) is 66.4 Å². The first-order valence-electron chi connectivity index (χ1n) is 21.4. The average molecular weight is 730 g/mol. The number of anilines is 3. The van der Waals surface area contributed by atoms with Crippen molar-refractivity contribution < 1.29 is 9.90 Å². The third-order valence-electron chi connectivity index (χ3n) is 12.0. The van der Waals surface area contributed by atoms with E-state index >= 15 is 0 Å². The number of fused-ring (bicyclic) bond motifs is 13. The Bertz CT molecular complexity index is 3360. The summed E-state index contributed by atoms with van der Waals surface area (Å²) in [4.78, 5) is 2.03. The minimum Gasteiger partial charge on any atom is -0.456 e. The van der Waals surface area contributed by atoms with Crippen LogP contribution in [0.3, 0.4) is 0 Å². The Labute approximate surface area is 337 Å². The van der Waals surface area contributed by atoms with Crippen molar-refractivity contribution in [2.24, 2.45) is 0 Å². The van der Waals surface area contributed by atoms with Gasteiger partial charge >= 0.3 is 0 Å². The third kappa shape index (κ3) is 4.53. The Balaban J connectivity index is 1.18. The molecule has 0 aliphatic heterocycles. The highest BCUT2D eigenvalue weighted by Crippen LogP contribution is 2.63. The van der Waals surface area contributed by atoms with E-state index in [-0.39, 0.29) is 24.2 Å². The van der Waals surface area contributed by atoms with Gasteiger partial charge in [-0.15, -0.1) is 0 Å². The molecular weight excluding hydrogens is 691 g/mol. The number of furan rings is 1. The SMILES string of the molecule is [2H]c1c([2H])c([2H])c(N(c2ccc(-c3ccccc3)cc2)c2ccc3c(c2)C2(c4ccccc4-c4ccccc42)c2ccccc2-3)c(-c2cccc3oc4ccccc4c23)c1[2H]. The van der Waals surface area contributed by atoms with Gasteiger partial charge in [-0.1, -0.05) is 170 Å². The Hall–Kier alpha value is -7.42. The zero-order valence-electron chi connectivity index (χ0n) is 34.8. The van der Waals surface area contributed by atoms with E-state index in [9.17, 15) is 4.11 Å². The van der Waals surface area contributed by atoms with Gasteiger partial charge in [-0.2, -0.15) is 0 Å². The monoisotopic (exact) mass is 729 g/mol. The van der Waals surface area contributed by atoms with E-state index in [1.165, 1.54) is 33.4 Å². The lowest BCUT2D eigenvalue weighted by atomic mass is 9.70. The smallest absolute Gasteiger partial charge is 0.136 e. The molecule has 1 heterocycles. The van der Waals surface area contributed by atoms with Crippen LogP contribution in [0.1, 0.15) is 27.7 Å². The molecule has 2 aliphatic rings. The molecule has 2 heteroatoms. The number of hydrogen-bond donors (Lipinski definition) is 0. The van der Waals surface area contributed by atoms with Crippen molar-refractivity contribution in [1.29, 1.82) is 0 Å².